The zero-order valence-corrected chi connectivity index (χ0v) is 22.7. The Balaban J connectivity index is 1.51. The van der Waals surface area contributed by atoms with Gasteiger partial charge in [0.25, 0.3) is 0 Å². The van der Waals surface area contributed by atoms with Crippen LogP contribution in [0.2, 0.25) is 0 Å². The van der Waals surface area contributed by atoms with Gasteiger partial charge in [0.05, 0.1) is 11.4 Å². The molecule has 0 aliphatic rings. The van der Waals surface area contributed by atoms with E-state index in [0.717, 1.165) is 20.3 Å². The maximum atomic E-state index is 3.78. The van der Waals surface area contributed by atoms with Crippen molar-refractivity contribution >= 4 is 43.2 Å². The fourth-order valence-corrected chi connectivity index (χ4v) is 5.04. The van der Waals surface area contributed by atoms with Crippen LogP contribution in [0, 0.1) is 13.8 Å². The van der Waals surface area contributed by atoms with Gasteiger partial charge in [-0.3, -0.25) is 0 Å². The number of rotatable bonds is 6. The van der Waals surface area contributed by atoms with Crippen molar-refractivity contribution in [2.75, 3.05) is 5.32 Å². The topological polar surface area (TPSA) is 12.0 Å². The fourth-order valence-electron chi connectivity index (χ4n) is 4.04. The summed E-state index contributed by atoms with van der Waals surface area (Å²) in [7, 11) is 0. The van der Waals surface area contributed by atoms with Gasteiger partial charge in [0.2, 0.25) is 0 Å². The lowest BCUT2D eigenvalue weighted by molar-refractivity contribution is 0.919. The Morgan fingerprint density at radius 3 is 1.18 bits per heavy atom. The van der Waals surface area contributed by atoms with Crippen LogP contribution >= 0.6 is 31.9 Å². The van der Waals surface area contributed by atoms with Crippen LogP contribution in [0.5, 0.6) is 0 Å². The SMILES string of the molecule is Cc1ccc(C(C)c2ccc(Nc3ccc(C(C)c4ccc(C)cc4)cc3Br)c(Br)c2)cc1. The van der Waals surface area contributed by atoms with E-state index in [1.807, 2.05) is 0 Å². The fraction of sp³-hybridized carbons (Fsp3) is 0.200. The second-order valence-electron chi connectivity index (χ2n) is 8.87. The van der Waals surface area contributed by atoms with E-state index in [0.29, 0.717) is 11.8 Å². The first-order chi connectivity index (χ1) is 15.8. The summed E-state index contributed by atoms with van der Waals surface area (Å²) in [5.74, 6) is 0.676. The van der Waals surface area contributed by atoms with Crippen LogP contribution in [-0.4, -0.2) is 0 Å². The lowest BCUT2D eigenvalue weighted by atomic mass is 9.92. The highest BCUT2D eigenvalue weighted by Gasteiger charge is 2.13. The molecule has 1 N–H and O–H groups in total. The highest BCUT2D eigenvalue weighted by molar-refractivity contribution is 9.11. The van der Waals surface area contributed by atoms with E-state index < -0.39 is 0 Å². The molecule has 0 saturated heterocycles. The van der Waals surface area contributed by atoms with Crippen molar-refractivity contribution in [1.82, 2.24) is 0 Å². The summed E-state index contributed by atoms with van der Waals surface area (Å²) in [5.41, 5.74) is 9.91. The molecule has 168 valence electrons. The predicted molar refractivity (Wildman–Crippen MR) is 149 cm³/mol. The maximum absolute atomic E-state index is 3.78. The summed E-state index contributed by atoms with van der Waals surface area (Å²) in [5, 5.41) is 3.57. The Kier molecular flexibility index (Phi) is 7.41. The number of hydrogen-bond acceptors (Lipinski definition) is 1. The molecule has 0 amide bonds. The standard InChI is InChI=1S/C30H29Br2N/c1-19-5-9-23(10-6-19)21(3)25-13-15-29(27(31)17-25)33-30-16-14-26(18-28(30)32)22(4)24-11-7-20(2)8-12-24/h5-18,21-22,33H,1-4H3. The Bertz CT molecular complexity index is 1140. The van der Waals surface area contributed by atoms with Crippen LogP contribution in [-0.2, 0) is 0 Å². The van der Waals surface area contributed by atoms with Crippen molar-refractivity contribution in [3.05, 3.63) is 127 Å². The Morgan fingerprint density at radius 1 is 0.515 bits per heavy atom. The Labute approximate surface area is 214 Å². The molecular weight excluding hydrogens is 534 g/mol. The summed E-state index contributed by atoms with van der Waals surface area (Å²) >= 11 is 7.56. The molecule has 0 fully saturated rings. The summed E-state index contributed by atoms with van der Waals surface area (Å²) in [6, 6.07) is 30.7. The minimum Gasteiger partial charge on any atom is -0.354 e. The third-order valence-electron chi connectivity index (χ3n) is 6.41. The summed E-state index contributed by atoms with van der Waals surface area (Å²) in [6.45, 7) is 8.76. The highest BCUT2D eigenvalue weighted by Crippen LogP contribution is 2.36. The molecule has 0 saturated carbocycles. The average molecular weight is 563 g/mol. The first kappa shape index (κ1) is 23.8. The van der Waals surface area contributed by atoms with Gasteiger partial charge in [-0.2, -0.15) is 0 Å². The molecule has 4 rings (SSSR count). The van der Waals surface area contributed by atoms with Crippen molar-refractivity contribution in [2.24, 2.45) is 0 Å². The molecule has 0 heterocycles. The van der Waals surface area contributed by atoms with Crippen molar-refractivity contribution in [1.29, 1.82) is 0 Å². The molecular formula is C30H29Br2N. The maximum Gasteiger partial charge on any atom is 0.0529 e. The molecule has 4 aromatic carbocycles. The molecule has 3 heteroatoms. The van der Waals surface area contributed by atoms with Gasteiger partial charge in [-0.25, -0.2) is 0 Å². The van der Waals surface area contributed by atoms with Crippen LogP contribution in [0.4, 0.5) is 11.4 Å². The molecule has 0 aliphatic heterocycles. The van der Waals surface area contributed by atoms with Gasteiger partial charge in [-0.05, 0) is 92.2 Å². The largest absolute Gasteiger partial charge is 0.354 e. The third-order valence-corrected chi connectivity index (χ3v) is 7.72. The Hall–Kier alpha value is -2.36. The molecule has 4 aromatic rings. The minimum absolute atomic E-state index is 0.338. The smallest absolute Gasteiger partial charge is 0.0529 e. The number of aryl methyl sites for hydroxylation is 2. The van der Waals surface area contributed by atoms with Crippen molar-refractivity contribution < 1.29 is 0 Å². The quantitative estimate of drug-likeness (QED) is 0.246. The molecule has 33 heavy (non-hydrogen) atoms. The Morgan fingerprint density at radius 2 is 0.848 bits per heavy atom. The molecule has 1 nitrogen and oxygen atoms in total. The number of halogens is 2. The van der Waals surface area contributed by atoms with Crippen LogP contribution in [0.25, 0.3) is 0 Å². The van der Waals surface area contributed by atoms with Gasteiger partial charge < -0.3 is 5.32 Å². The van der Waals surface area contributed by atoms with Crippen LogP contribution in [0.15, 0.2) is 93.9 Å². The highest BCUT2D eigenvalue weighted by atomic mass is 79.9. The molecule has 2 atom stereocenters. The minimum atomic E-state index is 0.338. The van der Waals surface area contributed by atoms with Gasteiger partial charge in [-0.1, -0.05) is 85.6 Å². The van der Waals surface area contributed by atoms with E-state index in [9.17, 15) is 0 Å². The van der Waals surface area contributed by atoms with E-state index in [2.05, 4.69) is 150 Å². The van der Waals surface area contributed by atoms with Crippen molar-refractivity contribution in [2.45, 2.75) is 39.5 Å². The number of benzene rings is 4. The summed E-state index contributed by atoms with van der Waals surface area (Å²) in [4.78, 5) is 0. The number of hydrogen-bond donors (Lipinski definition) is 1. The van der Waals surface area contributed by atoms with E-state index in [4.69, 9.17) is 0 Å². The first-order valence-corrected chi connectivity index (χ1v) is 12.9. The summed E-state index contributed by atoms with van der Waals surface area (Å²) < 4.78 is 2.12. The van der Waals surface area contributed by atoms with E-state index >= 15 is 0 Å². The van der Waals surface area contributed by atoms with E-state index in [-0.39, 0.29) is 0 Å². The number of nitrogens with one attached hydrogen (secondary N) is 1. The van der Waals surface area contributed by atoms with E-state index in [1.165, 1.54) is 33.4 Å². The molecule has 2 unspecified atom stereocenters. The first-order valence-electron chi connectivity index (χ1n) is 11.3. The van der Waals surface area contributed by atoms with Crippen molar-refractivity contribution in [3.8, 4) is 0 Å². The van der Waals surface area contributed by atoms with Gasteiger partial charge in [0, 0.05) is 20.8 Å². The van der Waals surface area contributed by atoms with Gasteiger partial charge in [0.1, 0.15) is 0 Å². The third kappa shape index (κ3) is 5.59. The molecule has 0 aromatic heterocycles. The molecule has 0 bridgehead atoms. The van der Waals surface area contributed by atoms with Crippen molar-refractivity contribution in [3.63, 3.8) is 0 Å². The monoisotopic (exact) mass is 561 g/mol. The van der Waals surface area contributed by atoms with Gasteiger partial charge in [-0.15, -0.1) is 0 Å². The van der Waals surface area contributed by atoms with Crippen LogP contribution in [0.3, 0.4) is 0 Å². The molecule has 0 radical (unpaired) electrons. The summed E-state index contributed by atoms with van der Waals surface area (Å²) in [6.07, 6.45) is 0. The molecule has 0 spiro atoms. The lowest BCUT2D eigenvalue weighted by Gasteiger charge is -2.18. The van der Waals surface area contributed by atoms with Crippen LogP contribution < -0.4 is 5.32 Å². The average Bonchev–Trinajstić information content (AvgIpc) is 2.81. The lowest BCUT2D eigenvalue weighted by Crippen LogP contribution is -2.00. The predicted octanol–water partition coefficient (Wildman–Crippen LogP) is 9.88. The van der Waals surface area contributed by atoms with Gasteiger partial charge >= 0.3 is 0 Å². The molecule has 0 aliphatic carbocycles. The second kappa shape index (κ2) is 10.3. The van der Waals surface area contributed by atoms with Gasteiger partial charge in [0.15, 0.2) is 0 Å². The zero-order chi connectivity index (χ0) is 23.5. The van der Waals surface area contributed by atoms with Crippen LogP contribution in [0.1, 0.15) is 59.1 Å². The normalized spacial score (nSPS) is 12.9. The number of anilines is 2. The second-order valence-corrected chi connectivity index (χ2v) is 10.6. The zero-order valence-electron chi connectivity index (χ0n) is 19.5. The van der Waals surface area contributed by atoms with E-state index in [1.54, 1.807) is 0 Å².